The van der Waals surface area contributed by atoms with E-state index in [1.807, 2.05) is 13.8 Å². The van der Waals surface area contributed by atoms with Crippen LogP contribution in [0, 0.1) is 0 Å². The molecule has 0 spiro atoms. The van der Waals surface area contributed by atoms with Crippen LogP contribution in [0.2, 0.25) is 0 Å². The topological polar surface area (TPSA) is 72.9 Å². The molecule has 3 heterocycles. The van der Waals surface area contributed by atoms with Crippen LogP contribution in [0.25, 0.3) is 0 Å². The van der Waals surface area contributed by atoms with E-state index >= 15 is 0 Å². The summed E-state index contributed by atoms with van der Waals surface area (Å²) in [4.78, 5) is 2.26. The molecule has 3 rings (SSSR count). The fourth-order valence-electron chi connectivity index (χ4n) is 2.42. The van der Waals surface area contributed by atoms with Crippen molar-refractivity contribution in [3.05, 3.63) is 23.4 Å². The van der Waals surface area contributed by atoms with Gasteiger partial charge < -0.3 is 8.98 Å². The van der Waals surface area contributed by atoms with Crippen LogP contribution in [0.5, 0.6) is 0 Å². The Kier molecular flexibility index (Phi) is 3.52. The third-order valence-corrected chi connectivity index (χ3v) is 3.56. The van der Waals surface area contributed by atoms with Crippen molar-refractivity contribution in [2.24, 2.45) is 0 Å². The minimum Gasteiger partial charge on any atom is -0.424 e. The van der Waals surface area contributed by atoms with Crippen LogP contribution < -0.4 is 0 Å². The average Bonchev–Trinajstić information content (AvgIpc) is 3.04. The van der Waals surface area contributed by atoms with E-state index in [0.717, 1.165) is 37.7 Å². The smallest absolute Gasteiger partial charge is 0.230 e. The Hall–Kier alpha value is -1.76. The van der Waals surface area contributed by atoms with Crippen LogP contribution in [-0.2, 0) is 26.1 Å². The van der Waals surface area contributed by atoms with Crippen molar-refractivity contribution >= 4 is 0 Å². The molecular weight excluding hydrogens is 256 g/mol. The summed E-state index contributed by atoms with van der Waals surface area (Å²) in [5.74, 6) is 3.75. The molecule has 0 aliphatic carbocycles. The molecule has 0 aromatic carbocycles. The lowest BCUT2D eigenvalue weighted by molar-refractivity contribution is 0.187. The summed E-state index contributed by atoms with van der Waals surface area (Å²) in [5.41, 5.74) is 0. The van der Waals surface area contributed by atoms with Gasteiger partial charge in [0.15, 0.2) is 0 Å². The number of rotatable bonds is 4. The molecule has 108 valence electrons. The standard InChI is InChI=1S/C13H20N6O/c1-4-10-14-15-11-7-18(5-6-19(10)11)8-12-16-17-13(20-12)9(2)3/h9H,4-8H2,1-3H3. The van der Waals surface area contributed by atoms with Crippen molar-refractivity contribution < 1.29 is 4.42 Å². The summed E-state index contributed by atoms with van der Waals surface area (Å²) in [6, 6.07) is 0. The first-order valence-electron chi connectivity index (χ1n) is 7.13. The summed E-state index contributed by atoms with van der Waals surface area (Å²) in [7, 11) is 0. The molecule has 0 saturated heterocycles. The fraction of sp³-hybridized carbons (Fsp3) is 0.692. The van der Waals surface area contributed by atoms with E-state index in [9.17, 15) is 0 Å². The second-order valence-electron chi connectivity index (χ2n) is 5.44. The van der Waals surface area contributed by atoms with Crippen LogP contribution >= 0.6 is 0 Å². The van der Waals surface area contributed by atoms with Gasteiger partial charge in [-0.2, -0.15) is 0 Å². The van der Waals surface area contributed by atoms with Gasteiger partial charge in [-0.05, 0) is 0 Å². The quantitative estimate of drug-likeness (QED) is 0.839. The van der Waals surface area contributed by atoms with Crippen molar-refractivity contribution in [3.8, 4) is 0 Å². The molecule has 7 heteroatoms. The average molecular weight is 276 g/mol. The number of hydrogen-bond acceptors (Lipinski definition) is 6. The van der Waals surface area contributed by atoms with Gasteiger partial charge in [-0.15, -0.1) is 20.4 Å². The molecule has 7 nitrogen and oxygen atoms in total. The van der Waals surface area contributed by atoms with Gasteiger partial charge in [-0.3, -0.25) is 4.90 Å². The Morgan fingerprint density at radius 2 is 2.00 bits per heavy atom. The first kappa shape index (κ1) is 13.2. The zero-order valence-electron chi connectivity index (χ0n) is 12.2. The molecule has 0 unspecified atom stereocenters. The van der Waals surface area contributed by atoms with E-state index in [4.69, 9.17) is 4.42 Å². The van der Waals surface area contributed by atoms with Crippen LogP contribution in [0.4, 0.5) is 0 Å². The molecule has 0 bridgehead atoms. The summed E-state index contributed by atoms with van der Waals surface area (Å²) in [6.07, 6.45) is 0.925. The first-order chi connectivity index (χ1) is 9.67. The highest BCUT2D eigenvalue weighted by molar-refractivity contribution is 4.99. The molecule has 2 aromatic heterocycles. The Bertz CT molecular complexity index is 587. The monoisotopic (exact) mass is 276 g/mol. The van der Waals surface area contributed by atoms with E-state index < -0.39 is 0 Å². The van der Waals surface area contributed by atoms with Crippen molar-refractivity contribution in [3.63, 3.8) is 0 Å². The Labute approximate surface area is 118 Å². The van der Waals surface area contributed by atoms with E-state index in [-0.39, 0.29) is 5.92 Å². The normalized spacial score (nSPS) is 15.8. The molecule has 0 fully saturated rings. The maximum absolute atomic E-state index is 5.66. The lowest BCUT2D eigenvalue weighted by Gasteiger charge is -2.26. The number of nitrogens with zero attached hydrogens (tertiary/aromatic N) is 6. The molecule has 0 radical (unpaired) electrons. The van der Waals surface area contributed by atoms with Gasteiger partial charge in [-0.25, -0.2) is 0 Å². The van der Waals surface area contributed by atoms with Gasteiger partial charge in [0.25, 0.3) is 0 Å². The maximum Gasteiger partial charge on any atom is 0.230 e. The van der Waals surface area contributed by atoms with Gasteiger partial charge >= 0.3 is 0 Å². The molecule has 2 aromatic rings. The highest BCUT2D eigenvalue weighted by Gasteiger charge is 2.22. The zero-order valence-corrected chi connectivity index (χ0v) is 12.2. The minimum atomic E-state index is 0.271. The summed E-state index contributed by atoms with van der Waals surface area (Å²) < 4.78 is 7.87. The van der Waals surface area contributed by atoms with Crippen LogP contribution in [-0.4, -0.2) is 36.4 Å². The number of aromatic nitrogens is 5. The number of hydrogen-bond donors (Lipinski definition) is 0. The Balaban J connectivity index is 1.67. The SMILES string of the molecule is CCc1nnc2n1CCN(Cc1nnc(C(C)C)o1)C2. The molecule has 1 aliphatic heterocycles. The van der Waals surface area contributed by atoms with E-state index in [2.05, 4.69) is 36.8 Å². The Morgan fingerprint density at radius 3 is 2.70 bits per heavy atom. The molecule has 0 atom stereocenters. The maximum atomic E-state index is 5.66. The highest BCUT2D eigenvalue weighted by atomic mass is 16.4. The summed E-state index contributed by atoms with van der Waals surface area (Å²) in [6.45, 7) is 9.55. The van der Waals surface area contributed by atoms with Crippen LogP contribution in [0.3, 0.4) is 0 Å². The van der Waals surface area contributed by atoms with Crippen molar-refractivity contribution in [2.45, 2.75) is 52.7 Å². The highest BCUT2D eigenvalue weighted by Crippen LogP contribution is 2.17. The van der Waals surface area contributed by atoms with Crippen molar-refractivity contribution in [2.75, 3.05) is 6.54 Å². The van der Waals surface area contributed by atoms with Gasteiger partial charge in [0, 0.05) is 25.4 Å². The second kappa shape index (κ2) is 5.32. The lowest BCUT2D eigenvalue weighted by Crippen LogP contribution is -2.34. The predicted octanol–water partition coefficient (Wildman–Crippen LogP) is 1.36. The molecule has 0 N–H and O–H groups in total. The predicted molar refractivity (Wildman–Crippen MR) is 71.9 cm³/mol. The number of fused-ring (bicyclic) bond motifs is 1. The zero-order chi connectivity index (χ0) is 14.1. The lowest BCUT2D eigenvalue weighted by atomic mass is 10.2. The largest absolute Gasteiger partial charge is 0.424 e. The van der Waals surface area contributed by atoms with Gasteiger partial charge in [0.2, 0.25) is 11.8 Å². The second-order valence-corrected chi connectivity index (χ2v) is 5.44. The third-order valence-electron chi connectivity index (χ3n) is 3.56. The van der Waals surface area contributed by atoms with E-state index in [0.29, 0.717) is 18.3 Å². The summed E-state index contributed by atoms with van der Waals surface area (Å²) >= 11 is 0. The van der Waals surface area contributed by atoms with Crippen LogP contribution in [0.1, 0.15) is 50.1 Å². The van der Waals surface area contributed by atoms with Crippen LogP contribution in [0.15, 0.2) is 4.42 Å². The molecule has 0 saturated carbocycles. The minimum absolute atomic E-state index is 0.271. The van der Waals surface area contributed by atoms with Gasteiger partial charge in [-0.1, -0.05) is 20.8 Å². The molecule has 0 amide bonds. The third kappa shape index (κ3) is 2.45. The first-order valence-corrected chi connectivity index (χ1v) is 7.13. The molecule has 1 aliphatic rings. The molecule has 20 heavy (non-hydrogen) atoms. The fourth-order valence-corrected chi connectivity index (χ4v) is 2.42. The van der Waals surface area contributed by atoms with E-state index in [1.165, 1.54) is 0 Å². The molecular formula is C13H20N6O. The van der Waals surface area contributed by atoms with Crippen molar-refractivity contribution in [1.82, 2.24) is 29.9 Å². The van der Waals surface area contributed by atoms with Gasteiger partial charge in [0.05, 0.1) is 13.1 Å². The van der Waals surface area contributed by atoms with Crippen molar-refractivity contribution in [1.29, 1.82) is 0 Å². The Morgan fingerprint density at radius 1 is 1.15 bits per heavy atom. The number of aryl methyl sites for hydroxylation is 1. The van der Waals surface area contributed by atoms with Gasteiger partial charge in [0.1, 0.15) is 11.6 Å². The van der Waals surface area contributed by atoms with E-state index in [1.54, 1.807) is 0 Å². The summed E-state index contributed by atoms with van der Waals surface area (Å²) in [5, 5.41) is 16.7.